The molecule has 34 heavy (non-hydrogen) atoms. The minimum Gasteiger partial charge on any atom is -0.461 e. The highest BCUT2D eigenvalue weighted by Gasteiger charge is 2.54. The van der Waals surface area contributed by atoms with E-state index in [0.29, 0.717) is 37.4 Å². The molecule has 3 rings (SSSR count). The van der Waals surface area contributed by atoms with Gasteiger partial charge in [-0.25, -0.2) is 4.79 Å². The van der Waals surface area contributed by atoms with Crippen molar-refractivity contribution in [2.45, 2.75) is 37.6 Å². The van der Waals surface area contributed by atoms with Crippen LogP contribution in [-0.4, -0.2) is 72.2 Å². The number of nitrogens with zero attached hydrogens (tertiary/aromatic N) is 1. The molecule has 0 bridgehead atoms. The van der Waals surface area contributed by atoms with Gasteiger partial charge in [0.15, 0.2) is 0 Å². The van der Waals surface area contributed by atoms with E-state index in [-0.39, 0.29) is 37.1 Å². The maximum atomic E-state index is 12.9. The molecule has 1 N–H and O–H groups in total. The maximum absolute atomic E-state index is 12.9. The average Bonchev–Trinajstić information content (AvgIpc) is 3.32. The van der Waals surface area contributed by atoms with Gasteiger partial charge in [-0.3, -0.25) is 19.3 Å². The minimum atomic E-state index is -0.724. The number of amides is 2. The molecule has 2 amide bonds. The lowest BCUT2D eigenvalue weighted by molar-refractivity contribution is -0.153. The van der Waals surface area contributed by atoms with Crippen LogP contribution in [0.3, 0.4) is 0 Å². The Hall–Kier alpha value is -2.63. The van der Waals surface area contributed by atoms with Gasteiger partial charge in [0.05, 0.1) is 19.6 Å². The van der Waals surface area contributed by atoms with Gasteiger partial charge in [0, 0.05) is 29.7 Å². The first kappa shape index (κ1) is 26.0. The molecule has 0 spiro atoms. The van der Waals surface area contributed by atoms with Crippen LogP contribution < -0.4 is 5.32 Å². The fourth-order valence-electron chi connectivity index (χ4n) is 3.47. The Bertz CT molecular complexity index is 945. The zero-order valence-corrected chi connectivity index (χ0v) is 20.6. The summed E-state index contributed by atoms with van der Waals surface area (Å²) >= 11 is 2.88. The Balaban J connectivity index is 1.61. The lowest BCUT2D eigenvalue weighted by atomic mass is 10.0. The summed E-state index contributed by atoms with van der Waals surface area (Å²) < 4.78 is 15.8. The van der Waals surface area contributed by atoms with Crippen molar-refractivity contribution in [3.05, 3.63) is 46.3 Å². The summed E-state index contributed by atoms with van der Waals surface area (Å²) in [6, 6.07) is 3.00. The van der Waals surface area contributed by atoms with Gasteiger partial charge in [0.2, 0.25) is 5.91 Å². The van der Waals surface area contributed by atoms with Gasteiger partial charge in [0.25, 0.3) is 5.91 Å². The topological polar surface area (TPSA) is 111 Å². The van der Waals surface area contributed by atoms with Crippen molar-refractivity contribution >= 4 is 46.9 Å². The summed E-state index contributed by atoms with van der Waals surface area (Å²) in [5.41, 5.74) is 0.606. The first-order valence-corrected chi connectivity index (χ1v) is 12.8. The Morgan fingerprint density at radius 1 is 1.26 bits per heavy atom. The summed E-state index contributed by atoms with van der Waals surface area (Å²) in [5, 5.41) is 4.25. The van der Waals surface area contributed by atoms with Crippen LogP contribution in [0.5, 0.6) is 0 Å². The molecule has 2 aliphatic heterocycles. The Morgan fingerprint density at radius 2 is 2.06 bits per heavy atom. The van der Waals surface area contributed by atoms with Crippen LogP contribution in [0, 0.1) is 0 Å². The molecular weight excluding hydrogens is 480 g/mol. The van der Waals surface area contributed by atoms with E-state index in [0.717, 1.165) is 4.88 Å². The Kier molecular flexibility index (Phi) is 9.73. The Labute approximate surface area is 206 Å². The highest BCUT2D eigenvalue weighted by atomic mass is 32.2. The van der Waals surface area contributed by atoms with E-state index in [1.54, 1.807) is 6.08 Å². The molecular formula is C23H28N2O7S2. The number of carbonyl (C=O) groups excluding carboxylic acids is 4. The molecule has 0 aromatic carbocycles. The van der Waals surface area contributed by atoms with Crippen LogP contribution in [0.1, 0.15) is 24.6 Å². The number of hydrogen-bond donors (Lipinski definition) is 1. The van der Waals surface area contributed by atoms with Crippen molar-refractivity contribution in [3.8, 4) is 0 Å². The van der Waals surface area contributed by atoms with Crippen LogP contribution in [0.4, 0.5) is 0 Å². The second-order valence-electron chi connectivity index (χ2n) is 7.65. The van der Waals surface area contributed by atoms with Crippen molar-refractivity contribution in [1.82, 2.24) is 10.2 Å². The van der Waals surface area contributed by atoms with Crippen LogP contribution in [-0.2, 0) is 39.8 Å². The fraction of sp³-hybridized carbons (Fsp3) is 0.478. The zero-order valence-electron chi connectivity index (χ0n) is 18.9. The van der Waals surface area contributed by atoms with E-state index >= 15 is 0 Å². The molecule has 184 valence electrons. The SMILES string of the molecule is C=CCOCCCCOC(=O)C1=C(COC(C)=O)CS[C@@H]2[C@H](NC(=O)Cc3cccs3)C(=O)N12. The predicted octanol–water partition coefficient (Wildman–Crippen LogP) is 2.03. The second-order valence-corrected chi connectivity index (χ2v) is 9.79. The van der Waals surface area contributed by atoms with Gasteiger partial charge in [-0.1, -0.05) is 12.1 Å². The number of unbranched alkanes of at least 4 members (excludes halogenated alkanes) is 1. The number of esters is 2. The average molecular weight is 509 g/mol. The highest BCUT2D eigenvalue weighted by Crippen LogP contribution is 2.40. The van der Waals surface area contributed by atoms with Crippen molar-refractivity contribution in [2.75, 3.05) is 32.2 Å². The normalized spacial score (nSPS) is 19.2. The van der Waals surface area contributed by atoms with Crippen LogP contribution >= 0.6 is 23.1 Å². The molecule has 0 radical (unpaired) electrons. The number of fused-ring (bicyclic) bond motifs is 1. The van der Waals surface area contributed by atoms with Gasteiger partial charge in [0.1, 0.15) is 23.7 Å². The van der Waals surface area contributed by atoms with E-state index in [2.05, 4.69) is 11.9 Å². The number of carbonyl (C=O) groups is 4. The molecule has 11 heteroatoms. The molecule has 2 aliphatic rings. The van der Waals surface area contributed by atoms with E-state index in [9.17, 15) is 19.2 Å². The van der Waals surface area contributed by atoms with Crippen molar-refractivity contribution < 1.29 is 33.4 Å². The summed E-state index contributed by atoms with van der Waals surface area (Å²) in [7, 11) is 0. The number of nitrogens with one attached hydrogen (secondary N) is 1. The molecule has 0 saturated carbocycles. The molecule has 1 fully saturated rings. The number of β-lactam (4-membered cyclic amide) rings is 1. The lowest BCUT2D eigenvalue weighted by Crippen LogP contribution is -2.70. The van der Waals surface area contributed by atoms with E-state index in [4.69, 9.17) is 14.2 Å². The van der Waals surface area contributed by atoms with Crippen molar-refractivity contribution in [2.24, 2.45) is 0 Å². The molecule has 1 aromatic rings. The summed E-state index contributed by atoms with van der Waals surface area (Å²) in [6.07, 6.45) is 3.16. The number of thioether (sulfide) groups is 1. The molecule has 2 atom stereocenters. The smallest absolute Gasteiger partial charge is 0.355 e. The molecule has 1 aromatic heterocycles. The van der Waals surface area contributed by atoms with E-state index in [1.807, 2.05) is 17.5 Å². The van der Waals surface area contributed by atoms with Crippen LogP contribution in [0.25, 0.3) is 0 Å². The molecule has 0 unspecified atom stereocenters. The van der Waals surface area contributed by atoms with Crippen LogP contribution in [0.15, 0.2) is 41.4 Å². The molecule has 1 saturated heterocycles. The minimum absolute atomic E-state index is 0.0988. The number of thiophene rings is 1. The quantitative estimate of drug-likeness (QED) is 0.187. The zero-order chi connectivity index (χ0) is 24.5. The van der Waals surface area contributed by atoms with Gasteiger partial charge < -0.3 is 19.5 Å². The number of rotatable bonds is 13. The molecule has 0 aliphatic carbocycles. The standard InChI is InChI=1S/C23H28N2O7S2/c1-3-8-30-9-4-5-10-31-23(29)20-16(13-32-15(2)26)14-34-22-19(21(28)25(20)22)24-18(27)12-17-7-6-11-33-17/h3,6-7,11,19,22H,1,4-5,8-10,12-14H2,2H3,(H,24,27)/t19-,22-/m1/s1. The number of ether oxygens (including phenoxy) is 3. The summed E-state index contributed by atoms with van der Waals surface area (Å²) in [5.74, 6) is -1.39. The molecule has 3 heterocycles. The summed E-state index contributed by atoms with van der Waals surface area (Å²) in [6.45, 7) is 5.91. The maximum Gasteiger partial charge on any atom is 0.355 e. The van der Waals surface area contributed by atoms with Gasteiger partial charge in [-0.15, -0.1) is 29.7 Å². The summed E-state index contributed by atoms with van der Waals surface area (Å²) in [4.78, 5) is 51.8. The first-order valence-electron chi connectivity index (χ1n) is 10.9. The highest BCUT2D eigenvalue weighted by molar-refractivity contribution is 8.00. The Morgan fingerprint density at radius 3 is 2.76 bits per heavy atom. The van der Waals surface area contributed by atoms with Gasteiger partial charge >= 0.3 is 11.9 Å². The second kappa shape index (κ2) is 12.7. The third kappa shape index (κ3) is 6.71. The van der Waals surface area contributed by atoms with Crippen LogP contribution in [0.2, 0.25) is 0 Å². The van der Waals surface area contributed by atoms with Crippen molar-refractivity contribution in [1.29, 1.82) is 0 Å². The number of hydrogen-bond acceptors (Lipinski definition) is 9. The van der Waals surface area contributed by atoms with Gasteiger partial charge in [-0.2, -0.15) is 0 Å². The van der Waals surface area contributed by atoms with Crippen molar-refractivity contribution in [3.63, 3.8) is 0 Å². The largest absolute Gasteiger partial charge is 0.461 e. The fourth-order valence-corrected chi connectivity index (χ4v) is 5.50. The van der Waals surface area contributed by atoms with E-state index < -0.39 is 23.4 Å². The predicted molar refractivity (Wildman–Crippen MR) is 128 cm³/mol. The first-order chi connectivity index (χ1) is 16.4. The lowest BCUT2D eigenvalue weighted by Gasteiger charge is -2.49. The van der Waals surface area contributed by atoms with E-state index in [1.165, 1.54) is 34.9 Å². The third-order valence-corrected chi connectivity index (χ3v) is 7.29. The van der Waals surface area contributed by atoms with Gasteiger partial charge in [-0.05, 0) is 24.3 Å². The monoisotopic (exact) mass is 508 g/mol. The third-order valence-electron chi connectivity index (χ3n) is 5.07. The molecule has 9 nitrogen and oxygen atoms in total.